The number of rotatable bonds is 7. The van der Waals surface area contributed by atoms with Gasteiger partial charge in [-0.1, -0.05) is 157 Å². The van der Waals surface area contributed by atoms with E-state index in [9.17, 15) is 0 Å². The molecule has 5 heteroatoms. The summed E-state index contributed by atoms with van der Waals surface area (Å²) < 4.78 is 98.7. The van der Waals surface area contributed by atoms with Gasteiger partial charge in [0.15, 0.2) is 17.5 Å². The number of nitrogens with zero attached hydrogens (tertiary/aromatic N) is 3. The first-order valence-corrected chi connectivity index (χ1v) is 19.9. The van der Waals surface area contributed by atoms with Crippen LogP contribution in [0.5, 0.6) is 0 Å². The Labute approximate surface area is 371 Å². The van der Waals surface area contributed by atoms with Crippen LogP contribution >= 0.6 is 0 Å². The Hall–Kier alpha value is -8.41. The Balaban J connectivity index is 1.11. The van der Waals surface area contributed by atoms with E-state index < -0.39 is 60.4 Å². The number of para-hydroxylation sites is 2. The van der Waals surface area contributed by atoms with Crippen molar-refractivity contribution >= 4 is 43.9 Å². The number of fused-ring (bicyclic) bond motifs is 6. The van der Waals surface area contributed by atoms with Crippen LogP contribution in [0.1, 0.15) is 13.7 Å². The van der Waals surface area contributed by atoms with Crippen molar-refractivity contribution < 1.29 is 22.5 Å². The molecule has 290 valence electrons. The molecule has 3 aromatic heterocycles. The summed E-state index contributed by atoms with van der Waals surface area (Å²) in [6.45, 7) is 0. The number of furan rings is 2. The minimum Gasteiger partial charge on any atom is -0.456 e. The number of benzene rings is 9. The topological polar surface area (TPSA) is 65.0 Å². The first-order chi connectivity index (χ1) is 34.8. The summed E-state index contributed by atoms with van der Waals surface area (Å²) in [4.78, 5) is 14.1. The summed E-state index contributed by atoms with van der Waals surface area (Å²) >= 11 is 0. The highest BCUT2D eigenvalue weighted by atomic mass is 16.3. The highest BCUT2D eigenvalue weighted by Crippen LogP contribution is 2.41. The highest BCUT2D eigenvalue weighted by molar-refractivity contribution is 6.13. The molecule has 62 heavy (non-hydrogen) atoms. The molecule has 0 unspecified atom stereocenters. The van der Waals surface area contributed by atoms with Crippen LogP contribution in [0.15, 0.2) is 221 Å². The van der Waals surface area contributed by atoms with E-state index in [1.54, 1.807) is 0 Å². The molecule has 5 nitrogen and oxygen atoms in total. The van der Waals surface area contributed by atoms with E-state index >= 15 is 0 Å². The van der Waals surface area contributed by atoms with Gasteiger partial charge in [-0.2, -0.15) is 0 Å². The predicted octanol–water partition coefficient (Wildman–Crippen LogP) is 15.3. The molecule has 0 amide bonds. The van der Waals surface area contributed by atoms with Crippen LogP contribution < -0.4 is 0 Å². The molecule has 0 atom stereocenters. The van der Waals surface area contributed by atoms with Gasteiger partial charge in [-0.3, -0.25) is 0 Å². The van der Waals surface area contributed by atoms with Crippen molar-refractivity contribution in [2.75, 3.05) is 0 Å². The zero-order chi connectivity index (χ0) is 49.7. The lowest BCUT2D eigenvalue weighted by atomic mass is 9.91. The fourth-order valence-corrected chi connectivity index (χ4v) is 8.31. The van der Waals surface area contributed by atoms with Crippen LogP contribution in [0.3, 0.4) is 0 Å². The number of hydrogen-bond acceptors (Lipinski definition) is 5. The second-order valence-corrected chi connectivity index (χ2v) is 14.8. The number of hydrogen-bond donors (Lipinski definition) is 0. The van der Waals surface area contributed by atoms with Gasteiger partial charge in [0, 0.05) is 38.2 Å². The molecule has 12 rings (SSSR count). The van der Waals surface area contributed by atoms with Crippen LogP contribution in [0.4, 0.5) is 0 Å². The zero-order valence-corrected chi connectivity index (χ0v) is 32.6. The first kappa shape index (κ1) is 26.6. The fourth-order valence-electron chi connectivity index (χ4n) is 8.31. The van der Waals surface area contributed by atoms with Crippen LogP contribution in [-0.2, 0) is 0 Å². The van der Waals surface area contributed by atoms with Gasteiger partial charge in [0.05, 0.1) is 13.7 Å². The van der Waals surface area contributed by atoms with Gasteiger partial charge in [0.25, 0.3) is 0 Å². The van der Waals surface area contributed by atoms with Crippen molar-refractivity contribution in [2.24, 2.45) is 0 Å². The lowest BCUT2D eigenvalue weighted by Crippen LogP contribution is -2.00. The van der Waals surface area contributed by atoms with Crippen molar-refractivity contribution in [3.8, 4) is 78.7 Å². The highest BCUT2D eigenvalue weighted by Gasteiger charge is 2.18. The van der Waals surface area contributed by atoms with E-state index in [1.807, 2.05) is 121 Å². The van der Waals surface area contributed by atoms with Crippen molar-refractivity contribution in [2.45, 2.75) is 0 Å². The summed E-state index contributed by atoms with van der Waals surface area (Å²) in [5.74, 6) is -0.750. The van der Waals surface area contributed by atoms with Gasteiger partial charge in [-0.25, -0.2) is 15.0 Å². The van der Waals surface area contributed by atoms with E-state index in [4.69, 9.17) is 32.5 Å². The number of aromatic nitrogens is 3. The monoisotopic (exact) mass is 803 g/mol. The lowest BCUT2D eigenvalue weighted by molar-refractivity contribution is 0.668. The molecular weight excluding hydrogens is 759 g/mol. The van der Waals surface area contributed by atoms with E-state index in [2.05, 4.69) is 35.3 Å². The quantitative estimate of drug-likeness (QED) is 0.161. The third-order valence-electron chi connectivity index (χ3n) is 11.1. The molecule has 0 aliphatic carbocycles. The summed E-state index contributed by atoms with van der Waals surface area (Å²) in [5.41, 5.74) is 9.62. The predicted molar refractivity (Wildman–Crippen MR) is 252 cm³/mol. The first-order valence-electron chi connectivity index (χ1n) is 24.9. The molecule has 0 saturated heterocycles. The Morgan fingerprint density at radius 1 is 0.306 bits per heavy atom. The molecular formula is C57H35N3O2. The molecule has 0 saturated carbocycles. The fraction of sp³-hybridized carbons (Fsp3) is 0. The molecule has 0 fully saturated rings. The molecule has 0 spiro atoms. The molecule has 0 aliphatic heterocycles. The third kappa shape index (κ3) is 6.23. The van der Waals surface area contributed by atoms with Gasteiger partial charge >= 0.3 is 0 Å². The second-order valence-electron chi connectivity index (χ2n) is 14.8. The van der Waals surface area contributed by atoms with Crippen molar-refractivity contribution in [1.29, 1.82) is 0 Å². The van der Waals surface area contributed by atoms with Gasteiger partial charge in [0.1, 0.15) is 22.3 Å². The van der Waals surface area contributed by atoms with Crippen LogP contribution in [0, 0.1) is 0 Å². The Bertz CT molecular complexity index is 3940. The normalized spacial score (nSPS) is 13.8. The van der Waals surface area contributed by atoms with E-state index in [0.717, 1.165) is 88.4 Å². The van der Waals surface area contributed by atoms with E-state index in [0.29, 0.717) is 5.56 Å². The maximum Gasteiger partial charge on any atom is 0.164 e. The smallest absolute Gasteiger partial charge is 0.164 e. The van der Waals surface area contributed by atoms with Crippen molar-refractivity contribution in [3.63, 3.8) is 0 Å². The zero-order valence-electron chi connectivity index (χ0n) is 42.6. The van der Waals surface area contributed by atoms with Gasteiger partial charge < -0.3 is 8.83 Å². The van der Waals surface area contributed by atoms with Crippen LogP contribution in [0.2, 0.25) is 0 Å². The molecule has 0 bridgehead atoms. The molecule has 12 aromatic rings. The van der Waals surface area contributed by atoms with Crippen molar-refractivity contribution in [3.05, 3.63) is 212 Å². The Morgan fingerprint density at radius 2 is 0.677 bits per heavy atom. The molecule has 0 radical (unpaired) electrons. The average Bonchev–Trinajstić information content (AvgIpc) is 4.00. The van der Waals surface area contributed by atoms with Gasteiger partial charge in [-0.05, 0) is 99.1 Å². The molecule has 9 aromatic carbocycles. The largest absolute Gasteiger partial charge is 0.456 e. The standard InChI is InChI=1S/C57H35N3O2/c1-3-15-36(16-4-1)55-58-56(37-17-5-2-6-18-37)60-57(59-55)44-34-42(38-19-11-21-40(31-38)45-25-13-29-51-53(45)47-23-7-9-27-49(47)61-51)33-43(35-44)39-20-12-22-41(32-39)46-26-14-30-52-54(46)48-24-8-10-28-50(48)62-52/h1-35H/i1D,2D,3D,4D,5D,6D,15D,16D,17D,18D. The molecule has 0 N–H and O–H groups in total. The summed E-state index contributed by atoms with van der Waals surface area (Å²) in [6, 6.07) is 43.7. The van der Waals surface area contributed by atoms with Crippen molar-refractivity contribution in [1.82, 2.24) is 15.0 Å². The SMILES string of the molecule is [2H]c1c([2H])c([2H])c(-c2nc(-c3cc(-c4cccc(-c5cccc6oc7ccccc7c56)c4)cc(-c4cccc(-c5cccc6oc7ccccc7c56)c4)c3)nc(-c3c([2H])c([2H])c([2H])c([2H])c3[2H])n2)c([2H])c1[2H]. The summed E-state index contributed by atoms with van der Waals surface area (Å²) in [5, 5.41) is 3.91. The van der Waals surface area contributed by atoms with Gasteiger partial charge in [0.2, 0.25) is 0 Å². The van der Waals surface area contributed by atoms with E-state index in [-0.39, 0.29) is 28.6 Å². The average molecular weight is 804 g/mol. The maximum atomic E-state index is 8.90. The Kier molecular flexibility index (Phi) is 6.31. The second kappa shape index (κ2) is 14.7. The van der Waals surface area contributed by atoms with E-state index in [1.165, 1.54) is 0 Å². The minimum absolute atomic E-state index is 0.0479. The summed E-state index contributed by atoms with van der Waals surface area (Å²) in [7, 11) is 0. The summed E-state index contributed by atoms with van der Waals surface area (Å²) in [6.07, 6.45) is 0. The molecule has 3 heterocycles. The third-order valence-corrected chi connectivity index (χ3v) is 11.1. The lowest BCUT2D eigenvalue weighted by Gasteiger charge is -2.14. The minimum atomic E-state index is -0.625. The Morgan fingerprint density at radius 3 is 1.16 bits per heavy atom. The van der Waals surface area contributed by atoms with Crippen LogP contribution in [-0.4, -0.2) is 15.0 Å². The van der Waals surface area contributed by atoms with Gasteiger partial charge in [-0.15, -0.1) is 0 Å². The molecule has 0 aliphatic rings. The maximum absolute atomic E-state index is 8.90. The van der Waals surface area contributed by atoms with Crippen LogP contribution in [0.25, 0.3) is 123 Å².